The molecule has 0 unspecified atom stereocenters. The number of carbonyl (C=O) groups excluding carboxylic acids is 2. The quantitative estimate of drug-likeness (QED) is 0.634. The molecule has 0 radical (unpaired) electrons. The lowest BCUT2D eigenvalue weighted by Crippen LogP contribution is -2.35. The standard InChI is InChI=1S/C20H16ClN3O3/c21-14-6-8-15(9-7-14)23-18(25)12-22-19(26)16-10-11-17(24-20(16)27)13-4-2-1-3-5-13/h1-11H,12H2,(H,22,26)(H,23,25)(H,24,27). The number of hydrogen-bond donors (Lipinski definition) is 3. The SMILES string of the molecule is O=C(CNC(=O)c1ccc(-c2ccccc2)[nH]c1=O)Nc1ccc(Cl)cc1. The van der Waals surface area contributed by atoms with Gasteiger partial charge in [0, 0.05) is 16.4 Å². The van der Waals surface area contributed by atoms with Gasteiger partial charge in [0.2, 0.25) is 5.91 Å². The van der Waals surface area contributed by atoms with E-state index >= 15 is 0 Å². The molecule has 27 heavy (non-hydrogen) atoms. The number of aromatic nitrogens is 1. The number of rotatable bonds is 5. The molecule has 0 aliphatic heterocycles. The van der Waals surface area contributed by atoms with Crippen LogP contribution in [0.2, 0.25) is 5.02 Å². The van der Waals surface area contributed by atoms with Gasteiger partial charge in [-0.2, -0.15) is 0 Å². The maximum atomic E-state index is 12.2. The molecule has 0 bridgehead atoms. The Morgan fingerprint density at radius 2 is 1.63 bits per heavy atom. The Morgan fingerprint density at radius 3 is 2.30 bits per heavy atom. The summed E-state index contributed by atoms with van der Waals surface area (Å²) < 4.78 is 0. The van der Waals surface area contributed by atoms with Crippen LogP contribution in [-0.4, -0.2) is 23.3 Å². The molecule has 3 rings (SSSR count). The average Bonchev–Trinajstić information content (AvgIpc) is 2.68. The largest absolute Gasteiger partial charge is 0.343 e. The summed E-state index contributed by atoms with van der Waals surface area (Å²) in [7, 11) is 0. The topological polar surface area (TPSA) is 91.1 Å². The molecule has 0 saturated heterocycles. The van der Waals surface area contributed by atoms with Crippen molar-refractivity contribution in [1.82, 2.24) is 10.3 Å². The van der Waals surface area contributed by atoms with Crippen LogP contribution in [-0.2, 0) is 4.79 Å². The van der Waals surface area contributed by atoms with E-state index in [1.807, 2.05) is 30.3 Å². The number of halogens is 1. The molecule has 1 aromatic heterocycles. The minimum absolute atomic E-state index is 0.0611. The van der Waals surface area contributed by atoms with Gasteiger partial charge < -0.3 is 15.6 Å². The Bertz CT molecular complexity index is 1010. The monoisotopic (exact) mass is 381 g/mol. The molecule has 0 aliphatic rings. The highest BCUT2D eigenvalue weighted by molar-refractivity contribution is 6.30. The Morgan fingerprint density at radius 1 is 0.926 bits per heavy atom. The van der Waals surface area contributed by atoms with Crippen molar-refractivity contribution in [2.75, 3.05) is 11.9 Å². The van der Waals surface area contributed by atoms with E-state index in [0.717, 1.165) is 5.56 Å². The van der Waals surface area contributed by atoms with Crippen molar-refractivity contribution in [3.63, 3.8) is 0 Å². The van der Waals surface area contributed by atoms with Crippen molar-refractivity contribution in [2.45, 2.75) is 0 Å². The molecular weight excluding hydrogens is 366 g/mol. The number of pyridine rings is 1. The van der Waals surface area contributed by atoms with Crippen molar-refractivity contribution in [3.05, 3.63) is 87.7 Å². The lowest BCUT2D eigenvalue weighted by Gasteiger charge is -2.07. The fraction of sp³-hybridized carbons (Fsp3) is 0.0500. The van der Waals surface area contributed by atoms with Gasteiger partial charge in [0.25, 0.3) is 11.5 Å². The molecule has 1 heterocycles. The van der Waals surface area contributed by atoms with Crippen LogP contribution in [0.5, 0.6) is 0 Å². The third-order valence-corrected chi connectivity index (χ3v) is 4.03. The van der Waals surface area contributed by atoms with E-state index in [1.165, 1.54) is 6.07 Å². The third kappa shape index (κ3) is 4.83. The fourth-order valence-electron chi connectivity index (χ4n) is 2.43. The first-order valence-corrected chi connectivity index (χ1v) is 8.53. The van der Waals surface area contributed by atoms with Crippen LogP contribution < -0.4 is 16.2 Å². The molecule has 0 atom stereocenters. The third-order valence-electron chi connectivity index (χ3n) is 3.78. The predicted octanol–water partition coefficient (Wildman–Crippen LogP) is 3.06. The van der Waals surface area contributed by atoms with Crippen LogP contribution in [0.1, 0.15) is 10.4 Å². The fourth-order valence-corrected chi connectivity index (χ4v) is 2.56. The summed E-state index contributed by atoms with van der Waals surface area (Å²) in [6.07, 6.45) is 0. The summed E-state index contributed by atoms with van der Waals surface area (Å²) in [6.45, 7) is -0.263. The summed E-state index contributed by atoms with van der Waals surface area (Å²) in [5.74, 6) is -1.04. The maximum absolute atomic E-state index is 12.2. The number of benzene rings is 2. The summed E-state index contributed by atoms with van der Waals surface area (Å²) in [4.78, 5) is 39.0. The van der Waals surface area contributed by atoms with Gasteiger partial charge in [0.1, 0.15) is 5.56 Å². The number of amides is 2. The van der Waals surface area contributed by atoms with Gasteiger partial charge >= 0.3 is 0 Å². The van der Waals surface area contributed by atoms with Crippen molar-refractivity contribution in [3.8, 4) is 11.3 Å². The maximum Gasteiger partial charge on any atom is 0.261 e. The average molecular weight is 382 g/mol. The molecule has 3 N–H and O–H groups in total. The van der Waals surface area contributed by atoms with E-state index in [0.29, 0.717) is 16.4 Å². The molecule has 2 amide bonds. The Hall–Kier alpha value is -3.38. The van der Waals surface area contributed by atoms with Crippen molar-refractivity contribution in [1.29, 1.82) is 0 Å². The van der Waals surface area contributed by atoms with Gasteiger partial charge in [-0.25, -0.2) is 0 Å². The molecule has 7 heteroatoms. The van der Waals surface area contributed by atoms with Crippen LogP contribution in [0.25, 0.3) is 11.3 Å². The smallest absolute Gasteiger partial charge is 0.261 e. The van der Waals surface area contributed by atoms with Gasteiger partial charge in [-0.05, 0) is 42.0 Å². The number of hydrogen-bond acceptors (Lipinski definition) is 3. The van der Waals surface area contributed by atoms with E-state index in [1.54, 1.807) is 30.3 Å². The van der Waals surface area contributed by atoms with Gasteiger partial charge in [-0.3, -0.25) is 14.4 Å². The van der Waals surface area contributed by atoms with E-state index in [2.05, 4.69) is 15.6 Å². The van der Waals surface area contributed by atoms with Gasteiger partial charge in [-0.1, -0.05) is 41.9 Å². The van der Waals surface area contributed by atoms with E-state index in [9.17, 15) is 14.4 Å². The second-order valence-electron chi connectivity index (χ2n) is 5.72. The minimum atomic E-state index is -0.623. The van der Waals surface area contributed by atoms with E-state index in [4.69, 9.17) is 11.6 Å². The first-order valence-electron chi connectivity index (χ1n) is 8.15. The number of H-pyrrole nitrogens is 1. The molecule has 0 aliphatic carbocycles. The summed E-state index contributed by atoms with van der Waals surface area (Å²) in [6, 6.07) is 19.0. The van der Waals surface area contributed by atoms with Crippen molar-refractivity contribution >= 4 is 29.1 Å². The zero-order valence-electron chi connectivity index (χ0n) is 14.2. The highest BCUT2D eigenvalue weighted by atomic mass is 35.5. The van der Waals surface area contributed by atoms with Crippen LogP contribution in [0.3, 0.4) is 0 Å². The number of aromatic amines is 1. The zero-order chi connectivity index (χ0) is 19.2. The molecule has 6 nitrogen and oxygen atoms in total. The van der Waals surface area contributed by atoms with Gasteiger partial charge in [0.05, 0.1) is 6.54 Å². The van der Waals surface area contributed by atoms with Crippen LogP contribution in [0.15, 0.2) is 71.5 Å². The molecule has 2 aromatic carbocycles. The summed E-state index contributed by atoms with van der Waals surface area (Å²) >= 11 is 5.78. The molecular formula is C20H16ClN3O3. The second kappa shape index (κ2) is 8.33. The first kappa shape index (κ1) is 18.4. The second-order valence-corrected chi connectivity index (χ2v) is 6.16. The zero-order valence-corrected chi connectivity index (χ0v) is 14.9. The Labute approximate surface area is 160 Å². The van der Waals surface area contributed by atoms with Crippen molar-refractivity contribution in [2.24, 2.45) is 0 Å². The normalized spacial score (nSPS) is 10.3. The molecule has 0 spiro atoms. The van der Waals surface area contributed by atoms with Gasteiger partial charge in [0.15, 0.2) is 0 Å². The Kier molecular flexibility index (Phi) is 5.68. The molecule has 0 fully saturated rings. The summed E-state index contributed by atoms with van der Waals surface area (Å²) in [5.41, 5.74) is 1.42. The predicted molar refractivity (Wildman–Crippen MR) is 105 cm³/mol. The number of nitrogens with one attached hydrogen (secondary N) is 3. The van der Waals surface area contributed by atoms with Crippen LogP contribution in [0, 0.1) is 0 Å². The number of anilines is 1. The number of carbonyl (C=O) groups is 2. The van der Waals surface area contributed by atoms with Gasteiger partial charge in [-0.15, -0.1) is 0 Å². The van der Waals surface area contributed by atoms with Crippen molar-refractivity contribution < 1.29 is 9.59 Å². The minimum Gasteiger partial charge on any atom is -0.343 e. The lowest BCUT2D eigenvalue weighted by molar-refractivity contribution is -0.115. The van der Waals surface area contributed by atoms with Crippen LogP contribution >= 0.6 is 11.6 Å². The molecule has 3 aromatic rings. The molecule has 136 valence electrons. The highest BCUT2D eigenvalue weighted by Crippen LogP contribution is 2.15. The van der Waals surface area contributed by atoms with E-state index < -0.39 is 17.4 Å². The Balaban J connectivity index is 1.61. The van der Waals surface area contributed by atoms with E-state index in [-0.39, 0.29) is 12.1 Å². The highest BCUT2D eigenvalue weighted by Gasteiger charge is 2.13. The molecule has 0 saturated carbocycles. The lowest BCUT2D eigenvalue weighted by atomic mass is 10.1. The van der Waals surface area contributed by atoms with Crippen LogP contribution in [0.4, 0.5) is 5.69 Å². The summed E-state index contributed by atoms with van der Waals surface area (Å²) in [5, 5.41) is 5.61. The first-order chi connectivity index (χ1) is 13.0.